The SMILES string of the molecule is COc1ccc(C(O)(CN(C)C)C2(O)C=CCCC2)cc1. The van der Waals surface area contributed by atoms with Gasteiger partial charge in [-0.25, -0.2) is 0 Å². The fourth-order valence-corrected chi connectivity index (χ4v) is 3.00. The van der Waals surface area contributed by atoms with E-state index in [9.17, 15) is 10.2 Å². The lowest BCUT2D eigenvalue weighted by molar-refractivity contribution is -0.145. The monoisotopic (exact) mass is 291 g/mol. The third kappa shape index (κ3) is 3.12. The minimum Gasteiger partial charge on any atom is -0.497 e. The van der Waals surface area contributed by atoms with Crippen LogP contribution in [0.5, 0.6) is 5.75 Å². The van der Waals surface area contributed by atoms with E-state index in [1.165, 1.54) is 0 Å². The summed E-state index contributed by atoms with van der Waals surface area (Å²) in [6.07, 6.45) is 6.08. The molecule has 21 heavy (non-hydrogen) atoms. The van der Waals surface area contributed by atoms with E-state index in [1.54, 1.807) is 13.2 Å². The maximum Gasteiger partial charge on any atom is 0.134 e. The minimum atomic E-state index is -1.35. The van der Waals surface area contributed by atoms with Crippen molar-refractivity contribution >= 4 is 0 Å². The van der Waals surface area contributed by atoms with E-state index in [1.807, 2.05) is 49.3 Å². The Morgan fingerprint density at radius 2 is 1.95 bits per heavy atom. The van der Waals surface area contributed by atoms with Crippen molar-refractivity contribution in [1.29, 1.82) is 0 Å². The van der Waals surface area contributed by atoms with Crippen LogP contribution in [0.15, 0.2) is 36.4 Å². The molecule has 0 fully saturated rings. The van der Waals surface area contributed by atoms with E-state index in [0.717, 1.165) is 18.6 Å². The van der Waals surface area contributed by atoms with Crippen molar-refractivity contribution in [1.82, 2.24) is 4.90 Å². The van der Waals surface area contributed by atoms with Crippen LogP contribution >= 0.6 is 0 Å². The van der Waals surface area contributed by atoms with Crippen molar-refractivity contribution in [3.63, 3.8) is 0 Å². The zero-order valence-corrected chi connectivity index (χ0v) is 13.0. The van der Waals surface area contributed by atoms with Crippen molar-refractivity contribution in [2.45, 2.75) is 30.5 Å². The molecule has 116 valence electrons. The van der Waals surface area contributed by atoms with Gasteiger partial charge in [0.1, 0.15) is 17.0 Å². The maximum absolute atomic E-state index is 11.3. The highest BCUT2D eigenvalue weighted by Crippen LogP contribution is 2.40. The molecular weight excluding hydrogens is 266 g/mol. The number of benzene rings is 1. The van der Waals surface area contributed by atoms with Crippen LogP contribution in [0.4, 0.5) is 0 Å². The van der Waals surface area contributed by atoms with Crippen LogP contribution in [0, 0.1) is 0 Å². The number of nitrogens with zero attached hydrogens (tertiary/aromatic N) is 1. The van der Waals surface area contributed by atoms with Crippen molar-refractivity contribution in [3.8, 4) is 5.75 Å². The third-order valence-corrected chi connectivity index (χ3v) is 4.15. The second-order valence-corrected chi connectivity index (χ2v) is 6.05. The van der Waals surface area contributed by atoms with Crippen molar-refractivity contribution in [2.24, 2.45) is 0 Å². The molecule has 0 heterocycles. The molecule has 1 aliphatic carbocycles. The van der Waals surface area contributed by atoms with Crippen LogP contribution < -0.4 is 4.74 Å². The minimum absolute atomic E-state index is 0.347. The molecule has 4 heteroatoms. The number of methoxy groups -OCH3 is 1. The predicted molar refractivity (Wildman–Crippen MR) is 83.4 cm³/mol. The van der Waals surface area contributed by atoms with Crippen LogP contribution in [-0.2, 0) is 5.60 Å². The average molecular weight is 291 g/mol. The maximum atomic E-state index is 11.3. The Hall–Kier alpha value is -1.36. The molecule has 0 aliphatic heterocycles. The fourth-order valence-electron chi connectivity index (χ4n) is 3.00. The molecule has 0 aromatic heterocycles. The largest absolute Gasteiger partial charge is 0.497 e. The molecule has 0 saturated heterocycles. The standard InChI is InChI=1S/C17H25NO3/c1-18(2)13-17(20,16(19)11-5-4-6-12-16)14-7-9-15(21-3)10-8-14/h5,7-11,19-20H,4,6,12-13H2,1-3H3. The van der Waals surface area contributed by atoms with Crippen LogP contribution in [0.3, 0.4) is 0 Å². The normalized spacial score (nSPS) is 24.9. The van der Waals surface area contributed by atoms with Gasteiger partial charge in [-0.05, 0) is 51.1 Å². The highest BCUT2D eigenvalue weighted by atomic mass is 16.5. The van der Waals surface area contributed by atoms with Crippen molar-refractivity contribution < 1.29 is 14.9 Å². The van der Waals surface area contributed by atoms with Crippen LogP contribution in [-0.4, -0.2) is 48.5 Å². The van der Waals surface area contributed by atoms with Crippen LogP contribution in [0.2, 0.25) is 0 Å². The van der Waals surface area contributed by atoms with Crippen molar-refractivity contribution in [2.75, 3.05) is 27.7 Å². The zero-order chi connectivity index (χ0) is 15.5. The Morgan fingerprint density at radius 1 is 1.29 bits per heavy atom. The number of hydrogen-bond acceptors (Lipinski definition) is 4. The molecule has 1 aromatic carbocycles. The molecule has 0 radical (unpaired) electrons. The fraction of sp³-hybridized carbons (Fsp3) is 0.529. The van der Waals surface area contributed by atoms with Gasteiger partial charge in [-0.3, -0.25) is 0 Å². The summed E-state index contributed by atoms with van der Waals surface area (Å²) in [6.45, 7) is 0.347. The highest BCUT2D eigenvalue weighted by Gasteiger charge is 2.49. The second-order valence-electron chi connectivity index (χ2n) is 6.05. The first-order valence-electron chi connectivity index (χ1n) is 7.33. The lowest BCUT2D eigenvalue weighted by Crippen LogP contribution is -2.56. The topological polar surface area (TPSA) is 52.9 Å². The van der Waals surface area contributed by atoms with Gasteiger partial charge in [-0.1, -0.05) is 24.3 Å². The quantitative estimate of drug-likeness (QED) is 0.814. The second kappa shape index (κ2) is 6.18. The van der Waals surface area contributed by atoms with Gasteiger partial charge in [0.05, 0.1) is 7.11 Å². The molecule has 0 spiro atoms. The number of allylic oxidation sites excluding steroid dienone is 1. The Morgan fingerprint density at radius 3 is 2.43 bits per heavy atom. The Bertz CT molecular complexity index is 497. The molecule has 2 atom stereocenters. The molecule has 0 saturated carbocycles. The molecule has 2 unspecified atom stereocenters. The Balaban J connectivity index is 2.44. The number of hydrogen-bond donors (Lipinski definition) is 2. The molecule has 0 amide bonds. The molecule has 2 N–H and O–H groups in total. The van der Waals surface area contributed by atoms with Gasteiger partial charge < -0.3 is 19.8 Å². The number of rotatable bonds is 5. The Labute approximate surface area is 126 Å². The summed E-state index contributed by atoms with van der Waals surface area (Å²) in [7, 11) is 5.40. The first-order chi connectivity index (χ1) is 9.91. The Kier molecular flexibility index (Phi) is 4.71. The van der Waals surface area contributed by atoms with Gasteiger partial charge >= 0.3 is 0 Å². The summed E-state index contributed by atoms with van der Waals surface area (Å²) in [6, 6.07) is 7.27. The zero-order valence-electron chi connectivity index (χ0n) is 13.0. The van der Waals surface area contributed by atoms with Gasteiger partial charge in [-0.2, -0.15) is 0 Å². The summed E-state index contributed by atoms with van der Waals surface area (Å²) in [4.78, 5) is 1.89. The van der Waals surface area contributed by atoms with E-state index in [-0.39, 0.29) is 0 Å². The molecule has 4 nitrogen and oxygen atoms in total. The van der Waals surface area contributed by atoms with Gasteiger partial charge in [0.25, 0.3) is 0 Å². The summed E-state index contributed by atoms with van der Waals surface area (Å²) in [5.74, 6) is 0.733. The van der Waals surface area contributed by atoms with E-state index in [4.69, 9.17) is 4.74 Å². The summed E-state index contributed by atoms with van der Waals surface area (Å²) < 4.78 is 5.17. The average Bonchev–Trinajstić information content (AvgIpc) is 2.47. The molecule has 1 aromatic rings. The smallest absolute Gasteiger partial charge is 0.134 e. The van der Waals surface area contributed by atoms with E-state index in [2.05, 4.69) is 0 Å². The third-order valence-electron chi connectivity index (χ3n) is 4.15. The van der Waals surface area contributed by atoms with Gasteiger partial charge in [0, 0.05) is 6.54 Å². The van der Waals surface area contributed by atoms with E-state index in [0.29, 0.717) is 18.5 Å². The van der Waals surface area contributed by atoms with Gasteiger partial charge in [0.15, 0.2) is 0 Å². The first kappa shape index (κ1) is 16.0. The molecule has 1 aliphatic rings. The summed E-state index contributed by atoms with van der Waals surface area (Å²) >= 11 is 0. The number of ether oxygens (including phenoxy) is 1. The van der Waals surface area contributed by atoms with Crippen LogP contribution in [0.25, 0.3) is 0 Å². The van der Waals surface area contributed by atoms with Crippen molar-refractivity contribution in [3.05, 3.63) is 42.0 Å². The van der Waals surface area contributed by atoms with Gasteiger partial charge in [-0.15, -0.1) is 0 Å². The van der Waals surface area contributed by atoms with Crippen LogP contribution in [0.1, 0.15) is 24.8 Å². The lowest BCUT2D eigenvalue weighted by atomic mass is 9.72. The highest BCUT2D eigenvalue weighted by molar-refractivity contribution is 5.35. The van der Waals surface area contributed by atoms with E-state index >= 15 is 0 Å². The van der Waals surface area contributed by atoms with Gasteiger partial charge in [0.2, 0.25) is 0 Å². The number of aliphatic hydroxyl groups is 2. The molecule has 2 rings (SSSR count). The first-order valence-corrected chi connectivity index (χ1v) is 7.33. The lowest BCUT2D eigenvalue weighted by Gasteiger charge is -2.45. The molecule has 0 bridgehead atoms. The summed E-state index contributed by atoms with van der Waals surface area (Å²) in [5.41, 5.74) is -1.89. The van der Waals surface area contributed by atoms with E-state index < -0.39 is 11.2 Å². The summed E-state index contributed by atoms with van der Waals surface area (Å²) in [5, 5.41) is 22.3. The number of likely N-dealkylation sites (N-methyl/N-ethyl adjacent to an activating group) is 1. The predicted octanol–water partition coefficient (Wildman–Crippen LogP) is 1.92. The molecular formula is C17H25NO3.